The van der Waals surface area contributed by atoms with Gasteiger partial charge in [-0.2, -0.15) is 0 Å². The van der Waals surface area contributed by atoms with Crippen molar-refractivity contribution >= 4 is 39.9 Å². The molecule has 0 fully saturated rings. The first-order valence-electron chi connectivity index (χ1n) is 7.77. The first-order chi connectivity index (χ1) is 12.1. The van der Waals surface area contributed by atoms with Crippen molar-refractivity contribution in [1.29, 1.82) is 0 Å². The summed E-state index contributed by atoms with van der Waals surface area (Å²) in [6.07, 6.45) is 5.30. The van der Waals surface area contributed by atoms with Gasteiger partial charge in [-0.3, -0.25) is 4.79 Å². The van der Waals surface area contributed by atoms with Gasteiger partial charge in [0.1, 0.15) is 5.52 Å². The van der Waals surface area contributed by atoms with Gasteiger partial charge < -0.3 is 15.1 Å². The largest absolute Gasteiger partial charge is 0.478 e. The van der Waals surface area contributed by atoms with E-state index in [-0.39, 0.29) is 16.6 Å². The van der Waals surface area contributed by atoms with Gasteiger partial charge >= 0.3 is 5.97 Å². The second kappa shape index (κ2) is 5.79. The number of hydrogen-bond acceptors (Lipinski definition) is 2. The Labute approximate surface area is 142 Å². The highest BCUT2D eigenvalue weighted by Gasteiger charge is 2.16. The molecule has 0 unspecified atom stereocenters. The first kappa shape index (κ1) is 15.0. The summed E-state index contributed by atoms with van der Waals surface area (Å²) in [5.74, 6) is -1.07. The van der Waals surface area contributed by atoms with Gasteiger partial charge in [0.2, 0.25) is 0 Å². The van der Waals surface area contributed by atoms with E-state index in [0.29, 0.717) is 16.3 Å². The summed E-state index contributed by atoms with van der Waals surface area (Å²) in [4.78, 5) is 29.2. The Morgan fingerprint density at radius 2 is 1.76 bits per heavy atom. The van der Waals surface area contributed by atoms with Gasteiger partial charge in [-0.05, 0) is 23.3 Å². The highest BCUT2D eigenvalue weighted by molar-refractivity contribution is 6.14. The smallest absolute Gasteiger partial charge is 0.337 e. The molecule has 0 spiro atoms. The number of H-pyrrole nitrogens is 2. The molecule has 5 nitrogen and oxygen atoms in total. The van der Waals surface area contributed by atoms with Crippen molar-refractivity contribution < 1.29 is 9.90 Å². The highest BCUT2D eigenvalue weighted by atomic mass is 16.4. The molecular weight excluding hydrogens is 316 g/mol. The van der Waals surface area contributed by atoms with Gasteiger partial charge in [-0.1, -0.05) is 48.6 Å². The van der Waals surface area contributed by atoms with E-state index in [9.17, 15) is 14.7 Å². The molecule has 0 radical (unpaired) electrons. The molecule has 0 aliphatic carbocycles. The second-order valence-electron chi connectivity index (χ2n) is 5.76. The Morgan fingerprint density at radius 1 is 1.00 bits per heavy atom. The van der Waals surface area contributed by atoms with E-state index in [1.165, 1.54) is 6.20 Å². The zero-order valence-corrected chi connectivity index (χ0v) is 13.1. The Hall–Kier alpha value is -3.60. The van der Waals surface area contributed by atoms with Crippen molar-refractivity contribution in [3.8, 4) is 0 Å². The lowest BCUT2D eigenvalue weighted by molar-refractivity contribution is 0.0699. The number of benzene rings is 2. The van der Waals surface area contributed by atoms with Crippen molar-refractivity contribution in [2.75, 3.05) is 0 Å². The molecule has 0 bridgehead atoms. The van der Waals surface area contributed by atoms with Crippen molar-refractivity contribution in [2.24, 2.45) is 0 Å². The lowest BCUT2D eigenvalue weighted by Crippen LogP contribution is -2.07. The molecule has 0 atom stereocenters. The number of aromatic nitrogens is 2. The molecule has 0 aliphatic rings. The van der Waals surface area contributed by atoms with Gasteiger partial charge in [-0.15, -0.1) is 0 Å². The number of carbonyl (C=O) groups is 1. The number of fused-ring (bicyclic) bond motifs is 3. The number of carboxylic acids is 1. The first-order valence-corrected chi connectivity index (χ1v) is 7.77. The lowest BCUT2D eigenvalue weighted by Gasteiger charge is -2.03. The number of aromatic carboxylic acids is 1. The second-order valence-corrected chi connectivity index (χ2v) is 5.76. The maximum Gasteiger partial charge on any atom is 0.337 e. The Balaban J connectivity index is 1.92. The van der Waals surface area contributed by atoms with Gasteiger partial charge in [-0.25, -0.2) is 4.79 Å². The quantitative estimate of drug-likeness (QED) is 0.498. The molecular formula is C20H14N2O3. The summed E-state index contributed by atoms with van der Waals surface area (Å²) in [5.41, 5.74) is 2.63. The molecule has 0 aliphatic heterocycles. The third-order valence-electron chi connectivity index (χ3n) is 4.17. The van der Waals surface area contributed by atoms with Crippen molar-refractivity contribution in [1.82, 2.24) is 9.97 Å². The van der Waals surface area contributed by atoms with Crippen LogP contribution in [0.15, 0.2) is 59.5 Å². The van der Waals surface area contributed by atoms with Crippen LogP contribution in [0.2, 0.25) is 0 Å². The number of carboxylic acid groups (broad SMARTS) is 1. The molecule has 5 heteroatoms. The minimum Gasteiger partial charge on any atom is -0.478 e. The number of nitrogens with one attached hydrogen (secondary N) is 2. The standard InChI is InChI=1S/C20H14N2O3/c23-19-18-17(15(11-21-18)20(24)25)14-10-13(8-9-16(14)22-19)7-6-12-4-2-1-3-5-12/h1-11,21H,(H,22,23)(H,24,25)/b7-6+. The van der Waals surface area contributed by atoms with Crippen LogP contribution in [0.4, 0.5) is 0 Å². The zero-order chi connectivity index (χ0) is 17.4. The Morgan fingerprint density at radius 3 is 2.52 bits per heavy atom. The lowest BCUT2D eigenvalue weighted by atomic mass is 10.0. The third kappa shape index (κ3) is 2.61. The Kier molecular flexibility index (Phi) is 3.47. The van der Waals surface area contributed by atoms with Crippen molar-refractivity contribution in [3.63, 3.8) is 0 Å². The molecule has 2 aromatic carbocycles. The normalized spacial score (nSPS) is 11.5. The molecule has 4 rings (SSSR count). The highest BCUT2D eigenvalue weighted by Crippen LogP contribution is 2.26. The average molecular weight is 330 g/mol. The Bertz CT molecular complexity index is 1180. The zero-order valence-electron chi connectivity index (χ0n) is 13.1. The number of pyridine rings is 1. The third-order valence-corrected chi connectivity index (χ3v) is 4.17. The summed E-state index contributed by atoms with van der Waals surface area (Å²) in [5, 5.41) is 10.5. The molecule has 25 heavy (non-hydrogen) atoms. The SMILES string of the molecule is O=C(O)c1c[nH]c2c(=O)[nH]c3ccc(/C=C/c4ccccc4)cc3c12. The van der Waals surface area contributed by atoms with Crippen LogP contribution in [0, 0.1) is 0 Å². The predicted octanol–water partition coefficient (Wildman–Crippen LogP) is 3.88. The van der Waals surface area contributed by atoms with E-state index in [0.717, 1.165) is 11.1 Å². The fourth-order valence-corrected chi connectivity index (χ4v) is 2.97. The van der Waals surface area contributed by atoms with E-state index >= 15 is 0 Å². The van der Waals surface area contributed by atoms with Crippen LogP contribution in [0.3, 0.4) is 0 Å². The van der Waals surface area contributed by atoms with Crippen LogP contribution in [0.25, 0.3) is 34.0 Å². The maximum atomic E-state index is 12.1. The van der Waals surface area contributed by atoms with Crippen LogP contribution < -0.4 is 5.56 Å². The molecule has 0 saturated carbocycles. The van der Waals surface area contributed by atoms with Crippen LogP contribution in [-0.2, 0) is 0 Å². The van der Waals surface area contributed by atoms with Crippen LogP contribution in [0.5, 0.6) is 0 Å². The van der Waals surface area contributed by atoms with Crippen LogP contribution >= 0.6 is 0 Å². The van der Waals surface area contributed by atoms with E-state index in [4.69, 9.17) is 0 Å². The maximum absolute atomic E-state index is 12.1. The molecule has 122 valence electrons. The summed E-state index contributed by atoms with van der Waals surface area (Å²) in [6, 6.07) is 15.5. The number of aromatic amines is 2. The molecule has 2 aromatic heterocycles. The van der Waals surface area contributed by atoms with Gasteiger partial charge in [0, 0.05) is 22.5 Å². The van der Waals surface area contributed by atoms with Crippen molar-refractivity contribution in [2.45, 2.75) is 0 Å². The van der Waals surface area contributed by atoms with Crippen LogP contribution in [0.1, 0.15) is 21.5 Å². The monoisotopic (exact) mass is 330 g/mol. The summed E-state index contributed by atoms with van der Waals surface area (Å²) in [7, 11) is 0. The fourth-order valence-electron chi connectivity index (χ4n) is 2.97. The van der Waals surface area contributed by atoms with E-state index in [2.05, 4.69) is 9.97 Å². The minimum absolute atomic E-state index is 0.0929. The van der Waals surface area contributed by atoms with E-state index in [1.807, 2.05) is 54.6 Å². The number of rotatable bonds is 3. The predicted molar refractivity (Wildman–Crippen MR) is 98.8 cm³/mol. The topological polar surface area (TPSA) is 85.9 Å². The van der Waals surface area contributed by atoms with Gasteiger partial charge in [0.15, 0.2) is 0 Å². The molecule has 0 amide bonds. The minimum atomic E-state index is -1.07. The molecule has 0 saturated heterocycles. The molecule has 4 aromatic rings. The molecule has 3 N–H and O–H groups in total. The summed E-state index contributed by atoms with van der Waals surface area (Å²) in [6.45, 7) is 0. The van der Waals surface area contributed by atoms with E-state index < -0.39 is 5.97 Å². The van der Waals surface area contributed by atoms with Crippen LogP contribution in [-0.4, -0.2) is 21.0 Å². The van der Waals surface area contributed by atoms with Gasteiger partial charge in [0.05, 0.1) is 5.56 Å². The van der Waals surface area contributed by atoms with Crippen molar-refractivity contribution in [3.05, 3.63) is 81.8 Å². The average Bonchev–Trinajstić information content (AvgIpc) is 3.07. The summed E-state index contributed by atoms with van der Waals surface area (Å²) >= 11 is 0. The van der Waals surface area contributed by atoms with Gasteiger partial charge in [0.25, 0.3) is 5.56 Å². The van der Waals surface area contributed by atoms with E-state index in [1.54, 1.807) is 6.07 Å². The fraction of sp³-hybridized carbons (Fsp3) is 0. The summed E-state index contributed by atoms with van der Waals surface area (Å²) < 4.78 is 0. The number of hydrogen-bond donors (Lipinski definition) is 3. The molecule has 2 heterocycles.